The predicted molar refractivity (Wildman–Crippen MR) is 83.5 cm³/mol. The summed E-state index contributed by atoms with van der Waals surface area (Å²) in [5.74, 6) is -0.427. The van der Waals surface area contributed by atoms with Crippen LogP contribution in [0.4, 0.5) is 0 Å². The maximum Gasteiger partial charge on any atom is 0.175 e. The van der Waals surface area contributed by atoms with Crippen molar-refractivity contribution in [1.82, 2.24) is 0 Å². The van der Waals surface area contributed by atoms with Crippen molar-refractivity contribution in [3.63, 3.8) is 0 Å². The van der Waals surface area contributed by atoms with Crippen LogP contribution in [-0.4, -0.2) is 15.7 Å². The van der Waals surface area contributed by atoms with Crippen LogP contribution in [0.5, 0.6) is 0 Å². The summed E-state index contributed by atoms with van der Waals surface area (Å²) in [5.41, 5.74) is 0.375. The van der Waals surface area contributed by atoms with Crippen LogP contribution in [0.15, 0.2) is 47.4 Å². The third-order valence-corrected chi connectivity index (χ3v) is 5.14. The molecule has 0 aromatic heterocycles. The molecule has 20 heavy (non-hydrogen) atoms. The molecule has 2 aromatic carbocycles. The van der Waals surface area contributed by atoms with E-state index in [0.29, 0.717) is 25.5 Å². The van der Waals surface area contributed by atoms with Crippen LogP contribution in [0, 0.1) is 0 Å². The van der Waals surface area contributed by atoms with Gasteiger partial charge in [-0.1, -0.05) is 46.9 Å². The highest BCUT2D eigenvalue weighted by atomic mass is 35.5. The van der Waals surface area contributed by atoms with Crippen LogP contribution in [0.3, 0.4) is 0 Å². The highest BCUT2D eigenvalue weighted by Gasteiger charge is 2.15. The zero-order valence-electron chi connectivity index (χ0n) is 10.1. The topological polar surface area (TPSA) is 34.1 Å². The fraction of sp³-hybridized carbons (Fsp3) is 0.0714. The molecule has 1 atom stereocenters. The molecule has 0 heterocycles. The number of rotatable bonds is 4. The summed E-state index contributed by atoms with van der Waals surface area (Å²) in [5, 5.41) is 1.05. The van der Waals surface area contributed by atoms with Gasteiger partial charge in [-0.2, -0.15) is 0 Å². The van der Waals surface area contributed by atoms with E-state index < -0.39 is 10.8 Å². The van der Waals surface area contributed by atoms with Crippen LogP contribution in [-0.2, 0) is 10.8 Å². The van der Waals surface area contributed by atoms with E-state index in [2.05, 4.69) is 0 Å². The minimum absolute atomic E-state index is 0.151. The molecule has 2 nitrogen and oxygen atoms in total. The number of benzene rings is 2. The number of halogens is 3. The van der Waals surface area contributed by atoms with E-state index in [1.807, 2.05) is 0 Å². The number of Topliss-reactive ketones (excluding diaryl/α,β-unsaturated/α-hetero) is 1. The first-order valence-corrected chi connectivity index (χ1v) is 8.05. The average molecular weight is 348 g/mol. The van der Waals surface area contributed by atoms with Gasteiger partial charge in [0.2, 0.25) is 0 Å². The molecular formula is C14H9Cl3O2S. The monoisotopic (exact) mass is 346 g/mol. The number of carbonyl (C=O) groups excluding carboxylic acids is 1. The quantitative estimate of drug-likeness (QED) is 0.755. The summed E-state index contributed by atoms with van der Waals surface area (Å²) in [6.07, 6.45) is 0. The smallest absolute Gasteiger partial charge is 0.175 e. The first-order chi connectivity index (χ1) is 9.49. The number of carbonyl (C=O) groups is 1. The number of ketones is 1. The molecule has 104 valence electrons. The summed E-state index contributed by atoms with van der Waals surface area (Å²) >= 11 is 17.6. The van der Waals surface area contributed by atoms with Crippen molar-refractivity contribution >= 4 is 51.4 Å². The zero-order valence-corrected chi connectivity index (χ0v) is 13.2. The normalized spacial score (nSPS) is 12.2. The molecule has 0 aliphatic heterocycles. The van der Waals surface area contributed by atoms with Crippen molar-refractivity contribution in [2.75, 3.05) is 5.75 Å². The molecule has 0 radical (unpaired) electrons. The SMILES string of the molecule is O=C(CS(=O)c1ccccc1Cl)c1ccc(Cl)c(Cl)c1. The summed E-state index contributed by atoms with van der Waals surface area (Å²) in [7, 11) is -1.50. The van der Waals surface area contributed by atoms with Gasteiger partial charge in [-0.3, -0.25) is 9.00 Å². The van der Waals surface area contributed by atoms with Gasteiger partial charge in [-0.25, -0.2) is 0 Å². The van der Waals surface area contributed by atoms with Crippen molar-refractivity contribution in [2.24, 2.45) is 0 Å². The van der Waals surface area contributed by atoms with Gasteiger partial charge in [0.15, 0.2) is 5.78 Å². The second-order valence-corrected chi connectivity index (χ2v) is 6.61. The van der Waals surface area contributed by atoms with Crippen molar-refractivity contribution in [3.8, 4) is 0 Å². The van der Waals surface area contributed by atoms with E-state index in [-0.39, 0.29) is 11.5 Å². The van der Waals surface area contributed by atoms with E-state index in [9.17, 15) is 9.00 Å². The van der Waals surface area contributed by atoms with Gasteiger partial charge in [-0.15, -0.1) is 0 Å². The maximum atomic E-state index is 12.1. The van der Waals surface area contributed by atoms with E-state index in [0.717, 1.165) is 0 Å². The number of hydrogen-bond donors (Lipinski definition) is 0. The molecule has 2 aromatic rings. The predicted octanol–water partition coefficient (Wildman–Crippen LogP) is 4.64. The molecule has 6 heteroatoms. The summed E-state index contributed by atoms with van der Waals surface area (Å²) < 4.78 is 12.1. The molecule has 0 saturated carbocycles. The Morgan fingerprint density at radius 2 is 1.65 bits per heavy atom. The Morgan fingerprint density at radius 1 is 0.950 bits per heavy atom. The van der Waals surface area contributed by atoms with Gasteiger partial charge in [0.1, 0.15) is 0 Å². The Balaban J connectivity index is 2.17. The first kappa shape index (κ1) is 15.5. The van der Waals surface area contributed by atoms with E-state index in [4.69, 9.17) is 34.8 Å². The molecule has 2 rings (SSSR count). The van der Waals surface area contributed by atoms with Crippen LogP contribution >= 0.6 is 34.8 Å². The first-order valence-electron chi connectivity index (χ1n) is 5.60. The lowest BCUT2D eigenvalue weighted by molar-refractivity contribution is 0.102. The van der Waals surface area contributed by atoms with E-state index in [1.165, 1.54) is 12.1 Å². The van der Waals surface area contributed by atoms with Gasteiger partial charge in [0.05, 0.1) is 36.5 Å². The van der Waals surface area contributed by atoms with E-state index in [1.54, 1.807) is 30.3 Å². The van der Waals surface area contributed by atoms with Crippen LogP contribution in [0.2, 0.25) is 15.1 Å². The molecule has 0 fully saturated rings. The lowest BCUT2D eigenvalue weighted by atomic mass is 10.1. The van der Waals surface area contributed by atoms with Gasteiger partial charge < -0.3 is 0 Å². The molecule has 0 spiro atoms. The third kappa shape index (κ3) is 3.61. The lowest BCUT2D eigenvalue weighted by Gasteiger charge is -2.05. The molecular weight excluding hydrogens is 339 g/mol. The molecule has 0 N–H and O–H groups in total. The zero-order chi connectivity index (χ0) is 14.7. The molecule has 0 amide bonds. The number of hydrogen-bond acceptors (Lipinski definition) is 2. The van der Waals surface area contributed by atoms with Crippen LogP contribution in [0.25, 0.3) is 0 Å². The van der Waals surface area contributed by atoms with Crippen molar-refractivity contribution in [2.45, 2.75) is 4.90 Å². The molecule has 0 aliphatic rings. The van der Waals surface area contributed by atoms with Crippen molar-refractivity contribution in [3.05, 3.63) is 63.1 Å². The highest BCUT2D eigenvalue weighted by molar-refractivity contribution is 7.86. The maximum absolute atomic E-state index is 12.1. The molecule has 0 aliphatic carbocycles. The third-order valence-electron chi connectivity index (χ3n) is 2.59. The van der Waals surface area contributed by atoms with Gasteiger partial charge >= 0.3 is 0 Å². The van der Waals surface area contributed by atoms with Crippen molar-refractivity contribution in [1.29, 1.82) is 0 Å². The standard InChI is InChI=1S/C14H9Cl3O2S/c15-10-6-5-9(7-12(10)17)13(18)8-20(19)14-4-2-1-3-11(14)16/h1-7H,8H2. The Hall–Kier alpha value is -0.870. The fourth-order valence-corrected chi connectivity index (χ4v) is 3.35. The Morgan fingerprint density at radius 3 is 2.30 bits per heavy atom. The Kier molecular flexibility index (Phi) is 5.22. The van der Waals surface area contributed by atoms with Gasteiger partial charge in [-0.05, 0) is 30.3 Å². The van der Waals surface area contributed by atoms with Crippen LogP contribution in [0.1, 0.15) is 10.4 Å². The largest absolute Gasteiger partial charge is 0.293 e. The highest BCUT2D eigenvalue weighted by Crippen LogP contribution is 2.24. The molecule has 0 saturated heterocycles. The Bertz CT molecular complexity index is 686. The van der Waals surface area contributed by atoms with Gasteiger partial charge in [0.25, 0.3) is 0 Å². The second kappa shape index (κ2) is 6.72. The Labute approximate surface area is 134 Å². The minimum Gasteiger partial charge on any atom is -0.293 e. The summed E-state index contributed by atoms with van der Waals surface area (Å²) in [6, 6.07) is 11.3. The summed E-state index contributed by atoms with van der Waals surface area (Å²) in [6.45, 7) is 0. The minimum atomic E-state index is -1.50. The van der Waals surface area contributed by atoms with Gasteiger partial charge in [0, 0.05) is 5.56 Å². The van der Waals surface area contributed by atoms with Crippen molar-refractivity contribution < 1.29 is 9.00 Å². The fourth-order valence-electron chi connectivity index (χ4n) is 1.58. The molecule has 0 bridgehead atoms. The second-order valence-electron chi connectivity index (χ2n) is 3.97. The average Bonchev–Trinajstić information content (AvgIpc) is 2.42. The van der Waals surface area contributed by atoms with Crippen LogP contribution < -0.4 is 0 Å². The molecule has 1 unspecified atom stereocenters. The summed E-state index contributed by atoms with van der Waals surface area (Å²) in [4.78, 5) is 12.5. The lowest BCUT2D eigenvalue weighted by Crippen LogP contribution is -2.11. The van der Waals surface area contributed by atoms with E-state index >= 15 is 0 Å².